The lowest BCUT2D eigenvalue weighted by molar-refractivity contribution is 0.0567. The van der Waals surface area contributed by atoms with Crippen LogP contribution < -0.4 is 4.90 Å². The lowest BCUT2D eigenvalue weighted by Crippen LogP contribution is -2.39. The SMILES string of the molecule is C[C@H](c1ccccc1)N(C(=O)OC(C)(C)C)c1ccccc1I. The van der Waals surface area contributed by atoms with Crippen molar-refractivity contribution in [3.63, 3.8) is 0 Å². The second kappa shape index (κ2) is 7.34. The van der Waals surface area contributed by atoms with Crippen molar-refractivity contribution in [3.8, 4) is 0 Å². The lowest BCUT2D eigenvalue weighted by Gasteiger charge is -2.32. The number of anilines is 1. The Hall–Kier alpha value is -1.56. The Morgan fingerprint density at radius 3 is 2.17 bits per heavy atom. The molecule has 0 radical (unpaired) electrons. The minimum atomic E-state index is -0.536. The highest BCUT2D eigenvalue weighted by Crippen LogP contribution is 2.32. The van der Waals surface area contributed by atoms with Crippen molar-refractivity contribution in [2.45, 2.75) is 39.3 Å². The molecule has 23 heavy (non-hydrogen) atoms. The highest BCUT2D eigenvalue weighted by Gasteiger charge is 2.29. The molecule has 0 N–H and O–H groups in total. The molecule has 0 fully saturated rings. The number of para-hydroxylation sites is 1. The van der Waals surface area contributed by atoms with Crippen LogP contribution in [0.3, 0.4) is 0 Å². The first kappa shape index (κ1) is 17.8. The van der Waals surface area contributed by atoms with E-state index in [1.807, 2.05) is 82.3 Å². The van der Waals surface area contributed by atoms with Gasteiger partial charge in [-0.2, -0.15) is 0 Å². The third-order valence-corrected chi connectivity index (χ3v) is 4.28. The maximum absolute atomic E-state index is 12.8. The van der Waals surface area contributed by atoms with Crippen molar-refractivity contribution in [3.05, 3.63) is 63.7 Å². The van der Waals surface area contributed by atoms with Gasteiger partial charge < -0.3 is 4.74 Å². The standard InChI is InChI=1S/C19H22INO2/c1-14(15-10-6-5-7-11-15)21(18(22)23-19(2,3)4)17-13-9-8-12-16(17)20/h5-14H,1-4H3/t14-/m1/s1. The molecule has 0 saturated carbocycles. The van der Waals surface area contributed by atoms with E-state index in [2.05, 4.69) is 22.6 Å². The fraction of sp³-hybridized carbons (Fsp3) is 0.316. The van der Waals surface area contributed by atoms with E-state index in [-0.39, 0.29) is 12.1 Å². The lowest BCUT2D eigenvalue weighted by atomic mass is 10.1. The van der Waals surface area contributed by atoms with Gasteiger partial charge in [-0.05, 0) is 68.0 Å². The number of benzene rings is 2. The summed E-state index contributed by atoms with van der Waals surface area (Å²) in [5.41, 5.74) is 1.39. The molecule has 0 heterocycles. The first-order chi connectivity index (χ1) is 10.8. The monoisotopic (exact) mass is 423 g/mol. The summed E-state index contributed by atoms with van der Waals surface area (Å²) in [5, 5.41) is 0. The van der Waals surface area contributed by atoms with Gasteiger partial charge in [0, 0.05) is 3.57 Å². The zero-order valence-corrected chi connectivity index (χ0v) is 16.1. The van der Waals surface area contributed by atoms with Crippen molar-refractivity contribution >= 4 is 34.4 Å². The predicted octanol–water partition coefficient (Wildman–Crippen LogP) is 5.79. The molecule has 4 heteroatoms. The largest absolute Gasteiger partial charge is 0.443 e. The molecule has 0 unspecified atom stereocenters. The van der Waals surface area contributed by atoms with Crippen LogP contribution in [-0.4, -0.2) is 11.7 Å². The van der Waals surface area contributed by atoms with Gasteiger partial charge in [-0.1, -0.05) is 42.5 Å². The Labute approximate surface area is 151 Å². The molecule has 0 aliphatic rings. The van der Waals surface area contributed by atoms with E-state index in [1.54, 1.807) is 4.90 Å². The van der Waals surface area contributed by atoms with Crippen LogP contribution >= 0.6 is 22.6 Å². The number of rotatable bonds is 3. The molecule has 2 aromatic carbocycles. The van der Waals surface area contributed by atoms with E-state index >= 15 is 0 Å². The van der Waals surface area contributed by atoms with Crippen LogP contribution in [0, 0.1) is 3.57 Å². The molecule has 0 saturated heterocycles. The smallest absolute Gasteiger partial charge is 0.415 e. The molecule has 1 amide bonds. The van der Waals surface area contributed by atoms with Crippen LogP contribution in [0.1, 0.15) is 39.3 Å². The first-order valence-corrected chi connectivity index (χ1v) is 8.69. The van der Waals surface area contributed by atoms with E-state index in [9.17, 15) is 4.79 Å². The molecule has 0 spiro atoms. The van der Waals surface area contributed by atoms with Crippen LogP contribution in [0.4, 0.5) is 10.5 Å². The Kier molecular flexibility index (Phi) is 5.68. The predicted molar refractivity (Wildman–Crippen MR) is 103 cm³/mol. The van der Waals surface area contributed by atoms with Crippen LogP contribution in [0.5, 0.6) is 0 Å². The average molecular weight is 423 g/mol. The number of halogens is 1. The van der Waals surface area contributed by atoms with Crippen molar-refractivity contribution in [1.29, 1.82) is 0 Å². The van der Waals surface area contributed by atoms with Crippen LogP contribution in [0.15, 0.2) is 54.6 Å². The summed E-state index contributed by atoms with van der Waals surface area (Å²) in [6, 6.07) is 17.7. The van der Waals surface area contributed by atoms with Crippen LogP contribution in [-0.2, 0) is 4.74 Å². The van der Waals surface area contributed by atoms with Gasteiger partial charge in [0.1, 0.15) is 5.60 Å². The fourth-order valence-corrected chi connectivity index (χ4v) is 2.95. The van der Waals surface area contributed by atoms with E-state index < -0.39 is 5.60 Å². The van der Waals surface area contributed by atoms with Crippen molar-refractivity contribution in [2.24, 2.45) is 0 Å². The molecule has 2 aromatic rings. The summed E-state index contributed by atoms with van der Waals surface area (Å²) >= 11 is 2.25. The summed E-state index contributed by atoms with van der Waals surface area (Å²) in [6.45, 7) is 7.66. The number of hydrogen-bond donors (Lipinski definition) is 0. The summed E-state index contributed by atoms with van der Waals surface area (Å²) in [7, 11) is 0. The highest BCUT2D eigenvalue weighted by atomic mass is 127. The molecule has 2 rings (SSSR count). The van der Waals surface area contributed by atoms with Gasteiger partial charge in [-0.3, -0.25) is 4.90 Å². The van der Waals surface area contributed by atoms with Gasteiger partial charge in [-0.15, -0.1) is 0 Å². The highest BCUT2D eigenvalue weighted by molar-refractivity contribution is 14.1. The Balaban J connectivity index is 2.43. The topological polar surface area (TPSA) is 29.5 Å². The molecule has 122 valence electrons. The fourth-order valence-electron chi connectivity index (χ4n) is 2.30. The van der Waals surface area contributed by atoms with Gasteiger partial charge in [-0.25, -0.2) is 4.79 Å². The van der Waals surface area contributed by atoms with Gasteiger partial charge in [0.2, 0.25) is 0 Å². The van der Waals surface area contributed by atoms with Crippen molar-refractivity contribution in [1.82, 2.24) is 0 Å². The summed E-state index contributed by atoms with van der Waals surface area (Å²) in [4.78, 5) is 14.6. The third kappa shape index (κ3) is 4.70. The Morgan fingerprint density at radius 2 is 1.61 bits per heavy atom. The normalized spacial score (nSPS) is 12.6. The van der Waals surface area contributed by atoms with Crippen molar-refractivity contribution < 1.29 is 9.53 Å². The molecule has 0 aliphatic heterocycles. The zero-order valence-electron chi connectivity index (χ0n) is 13.9. The number of ether oxygens (including phenoxy) is 1. The second-order valence-corrected chi connectivity index (χ2v) is 7.55. The summed E-state index contributed by atoms with van der Waals surface area (Å²) in [5.74, 6) is 0. The molecule has 3 nitrogen and oxygen atoms in total. The first-order valence-electron chi connectivity index (χ1n) is 7.61. The van der Waals surface area contributed by atoms with Crippen LogP contribution in [0.2, 0.25) is 0 Å². The van der Waals surface area contributed by atoms with Gasteiger partial charge >= 0.3 is 6.09 Å². The maximum Gasteiger partial charge on any atom is 0.415 e. The molecule has 0 bridgehead atoms. The number of hydrogen-bond acceptors (Lipinski definition) is 2. The minimum Gasteiger partial charge on any atom is -0.443 e. The van der Waals surface area contributed by atoms with Gasteiger partial charge in [0.15, 0.2) is 0 Å². The molecular formula is C19H22INO2. The van der Waals surface area contributed by atoms with E-state index in [0.717, 1.165) is 14.8 Å². The maximum atomic E-state index is 12.8. The quantitative estimate of drug-likeness (QED) is 0.585. The zero-order chi connectivity index (χ0) is 17.0. The van der Waals surface area contributed by atoms with Crippen molar-refractivity contribution in [2.75, 3.05) is 4.90 Å². The second-order valence-electron chi connectivity index (χ2n) is 6.39. The molecular weight excluding hydrogens is 401 g/mol. The number of amides is 1. The average Bonchev–Trinajstić information content (AvgIpc) is 2.48. The van der Waals surface area contributed by atoms with Crippen LogP contribution in [0.25, 0.3) is 0 Å². The number of nitrogens with zero attached hydrogens (tertiary/aromatic N) is 1. The summed E-state index contributed by atoms with van der Waals surface area (Å²) < 4.78 is 6.65. The van der Waals surface area contributed by atoms with E-state index in [0.29, 0.717) is 0 Å². The number of carbonyl (C=O) groups excluding carboxylic acids is 1. The van der Waals surface area contributed by atoms with Gasteiger partial charge in [0.25, 0.3) is 0 Å². The molecule has 0 aromatic heterocycles. The molecule has 1 atom stereocenters. The van der Waals surface area contributed by atoms with E-state index in [1.165, 1.54) is 0 Å². The minimum absolute atomic E-state index is 0.123. The van der Waals surface area contributed by atoms with E-state index in [4.69, 9.17) is 4.74 Å². The molecule has 0 aliphatic carbocycles. The van der Waals surface area contributed by atoms with Gasteiger partial charge in [0.05, 0.1) is 11.7 Å². The number of carbonyl (C=O) groups is 1. The summed E-state index contributed by atoms with van der Waals surface area (Å²) in [6.07, 6.45) is -0.335. The Bertz CT molecular complexity index is 665. The third-order valence-electron chi connectivity index (χ3n) is 3.37. The Morgan fingerprint density at radius 1 is 1.04 bits per heavy atom.